The third-order valence-corrected chi connectivity index (χ3v) is 2.82. The molecule has 0 saturated carbocycles. The number of aliphatic carboxylic acids is 1. The smallest absolute Gasteiger partial charge is 0.459 e. The lowest BCUT2D eigenvalue weighted by molar-refractivity contribution is -0.425. The Morgan fingerprint density at radius 1 is 1.21 bits per heavy atom. The lowest BCUT2D eigenvalue weighted by Crippen LogP contribution is -2.53. The van der Waals surface area contributed by atoms with E-state index < -0.39 is 35.9 Å². The quantitative estimate of drug-likeness (QED) is 0.209. The van der Waals surface area contributed by atoms with Crippen molar-refractivity contribution in [1.29, 1.82) is 0 Å². The number of unbranched alkanes of at least 4 members (excludes halogenated alkanes) is 1. The molecular formula is C13H15F7O4. The highest BCUT2D eigenvalue weighted by Gasteiger charge is 2.73. The second kappa shape index (κ2) is 8.25. The molecule has 0 aliphatic heterocycles. The van der Waals surface area contributed by atoms with Crippen LogP contribution in [0.25, 0.3) is 0 Å². The summed E-state index contributed by atoms with van der Waals surface area (Å²) in [6.07, 6.45) is -7.03. The molecule has 0 aromatic carbocycles. The molecule has 1 N–H and O–H groups in total. The van der Waals surface area contributed by atoms with E-state index in [2.05, 4.69) is 16.0 Å². The Labute approximate surface area is 132 Å². The normalized spacial score (nSPS) is 13.6. The first-order valence-electron chi connectivity index (χ1n) is 6.39. The average Bonchev–Trinajstić information content (AvgIpc) is 2.44. The van der Waals surface area contributed by atoms with Gasteiger partial charge in [-0.3, -0.25) is 4.79 Å². The van der Waals surface area contributed by atoms with Crippen LogP contribution in [0, 0.1) is 6.10 Å². The van der Waals surface area contributed by atoms with Crippen LogP contribution < -0.4 is 0 Å². The summed E-state index contributed by atoms with van der Waals surface area (Å²) in [5.41, 5.74) is 0. The van der Waals surface area contributed by atoms with Crippen molar-refractivity contribution in [2.24, 2.45) is 0 Å². The molecule has 0 bridgehead atoms. The van der Waals surface area contributed by atoms with Crippen LogP contribution >= 0.6 is 0 Å². The summed E-state index contributed by atoms with van der Waals surface area (Å²) in [5.74, 6) is -15.1. The number of ether oxygens (including phenoxy) is 1. The van der Waals surface area contributed by atoms with Crippen LogP contribution in [0.4, 0.5) is 30.7 Å². The molecule has 0 rings (SSSR count). The summed E-state index contributed by atoms with van der Waals surface area (Å²) in [6, 6.07) is 0. The van der Waals surface area contributed by atoms with Crippen molar-refractivity contribution in [2.45, 2.75) is 43.7 Å². The Bertz CT molecular complexity index is 471. The van der Waals surface area contributed by atoms with Crippen LogP contribution in [-0.4, -0.2) is 43.0 Å². The molecule has 0 atom stereocenters. The van der Waals surface area contributed by atoms with Gasteiger partial charge in [0.1, 0.15) is 0 Å². The van der Waals surface area contributed by atoms with Crippen molar-refractivity contribution in [3.63, 3.8) is 0 Å². The summed E-state index contributed by atoms with van der Waals surface area (Å²) < 4.78 is 97.8. The standard InChI is InChI=1S/C13H15F7O4/c1-23-8(5-3-4-6-10(21)22)7-9(24-2)11(14,15)12(16,17)13(18,19)20/h7H,1,3-6H2,2H3,(H,21,22)/b9-7-. The number of allylic oxidation sites excluding steroid dienone is 1. The van der Waals surface area contributed by atoms with E-state index in [4.69, 9.17) is 5.11 Å². The molecule has 0 amide bonds. The molecule has 24 heavy (non-hydrogen) atoms. The van der Waals surface area contributed by atoms with E-state index >= 15 is 0 Å². The molecule has 0 heterocycles. The molecule has 0 spiro atoms. The van der Waals surface area contributed by atoms with Crippen LogP contribution in [0.1, 0.15) is 25.7 Å². The van der Waals surface area contributed by atoms with Crippen molar-refractivity contribution in [3.8, 4) is 0 Å². The van der Waals surface area contributed by atoms with Crippen LogP contribution in [-0.2, 0) is 14.0 Å². The zero-order valence-corrected chi connectivity index (χ0v) is 12.4. The maximum Gasteiger partial charge on any atom is 0.459 e. The zero-order valence-electron chi connectivity index (χ0n) is 12.4. The van der Waals surface area contributed by atoms with E-state index in [9.17, 15) is 35.5 Å². The summed E-state index contributed by atoms with van der Waals surface area (Å²) >= 11 is 0. The first kappa shape index (κ1) is 22.1. The number of carboxylic acids is 1. The molecular weight excluding hydrogens is 353 g/mol. The minimum atomic E-state index is -6.50. The topological polar surface area (TPSA) is 57.8 Å². The summed E-state index contributed by atoms with van der Waals surface area (Å²) in [5, 5.41) is 8.42. The minimum Gasteiger partial charge on any atom is -0.551 e. The van der Waals surface area contributed by atoms with E-state index in [1.807, 2.05) is 0 Å². The number of methoxy groups -OCH3 is 1. The molecule has 0 aromatic rings. The Kier molecular flexibility index (Phi) is 7.58. The highest BCUT2D eigenvalue weighted by molar-refractivity contribution is 5.66. The fourth-order valence-electron chi connectivity index (χ4n) is 1.52. The number of rotatable bonds is 10. The second-order valence-corrected chi connectivity index (χ2v) is 4.57. The predicted octanol–water partition coefficient (Wildman–Crippen LogP) is 3.89. The first-order chi connectivity index (χ1) is 10.8. The fraction of sp³-hybridized carbons (Fsp3) is 0.615. The molecule has 0 unspecified atom stereocenters. The summed E-state index contributed by atoms with van der Waals surface area (Å²) in [7, 11) is 0.497. The number of carbonyl (C=O) groups is 1. The Hall–Kier alpha value is -1.94. The number of carbonyl (C=O) groups excluding carboxylic acids is 1. The van der Waals surface area contributed by atoms with E-state index in [0.29, 0.717) is 7.11 Å². The van der Waals surface area contributed by atoms with Crippen LogP contribution in [0.2, 0.25) is 0 Å². The monoisotopic (exact) mass is 368 g/mol. The number of halogens is 7. The van der Waals surface area contributed by atoms with Gasteiger partial charge in [-0.05, 0) is 12.5 Å². The van der Waals surface area contributed by atoms with Crippen LogP contribution in [0.5, 0.6) is 0 Å². The van der Waals surface area contributed by atoms with Crippen LogP contribution in [0.15, 0.2) is 11.8 Å². The average molecular weight is 368 g/mol. The van der Waals surface area contributed by atoms with Gasteiger partial charge in [-0.25, -0.2) is 8.78 Å². The van der Waals surface area contributed by atoms with E-state index in [1.165, 1.54) is 0 Å². The lowest BCUT2D eigenvalue weighted by Gasteiger charge is -2.31. The van der Waals surface area contributed by atoms with Gasteiger partial charge in [-0.1, -0.05) is 6.42 Å². The maximum atomic E-state index is 13.5. The van der Waals surface area contributed by atoms with E-state index in [0.717, 1.165) is 0 Å². The minimum absolute atomic E-state index is 0.0892. The SMILES string of the molecule is C=[O+][C-](/C=C(\OC)C(F)(F)C(F)(F)C(F)(F)F)CCCCC(=O)O. The Morgan fingerprint density at radius 3 is 2.12 bits per heavy atom. The lowest BCUT2D eigenvalue weighted by atomic mass is 10.0. The third kappa shape index (κ3) is 5.31. The Morgan fingerprint density at radius 2 is 1.75 bits per heavy atom. The van der Waals surface area contributed by atoms with Gasteiger partial charge in [0, 0.05) is 12.8 Å². The third-order valence-electron chi connectivity index (χ3n) is 2.82. The zero-order chi connectivity index (χ0) is 19.2. The first-order valence-corrected chi connectivity index (χ1v) is 6.39. The highest BCUT2D eigenvalue weighted by atomic mass is 19.4. The number of carboxylic acid groups (broad SMARTS) is 1. The Balaban J connectivity index is 5.29. The highest BCUT2D eigenvalue weighted by Crippen LogP contribution is 2.50. The van der Waals surface area contributed by atoms with Gasteiger partial charge < -0.3 is 14.3 Å². The fourth-order valence-corrected chi connectivity index (χ4v) is 1.52. The van der Waals surface area contributed by atoms with Gasteiger partial charge in [-0.2, -0.15) is 22.0 Å². The van der Waals surface area contributed by atoms with E-state index in [-0.39, 0.29) is 31.8 Å². The molecule has 0 radical (unpaired) electrons. The summed E-state index contributed by atoms with van der Waals surface area (Å²) in [6.45, 7) is 2.87. The number of alkyl halides is 7. The number of hydrogen-bond acceptors (Lipinski definition) is 2. The van der Waals surface area contributed by atoms with Gasteiger partial charge in [0.05, 0.1) is 12.9 Å². The van der Waals surface area contributed by atoms with Gasteiger partial charge >= 0.3 is 24.0 Å². The summed E-state index contributed by atoms with van der Waals surface area (Å²) in [4.78, 5) is 10.3. The molecule has 0 aliphatic rings. The molecule has 140 valence electrons. The van der Waals surface area contributed by atoms with Crippen molar-refractivity contribution in [1.82, 2.24) is 0 Å². The molecule has 11 heteroatoms. The van der Waals surface area contributed by atoms with Crippen molar-refractivity contribution < 1.29 is 49.8 Å². The maximum absolute atomic E-state index is 13.5. The van der Waals surface area contributed by atoms with Crippen molar-refractivity contribution in [2.75, 3.05) is 7.11 Å². The van der Waals surface area contributed by atoms with E-state index in [1.54, 1.807) is 0 Å². The largest absolute Gasteiger partial charge is 0.551 e. The molecule has 0 aromatic heterocycles. The van der Waals surface area contributed by atoms with Gasteiger partial charge in [0.2, 0.25) is 6.10 Å². The van der Waals surface area contributed by atoms with Crippen LogP contribution in [0.3, 0.4) is 0 Å². The van der Waals surface area contributed by atoms with Gasteiger partial charge in [0.15, 0.2) is 6.79 Å². The second-order valence-electron chi connectivity index (χ2n) is 4.57. The molecule has 0 saturated heterocycles. The van der Waals surface area contributed by atoms with Crippen molar-refractivity contribution in [3.05, 3.63) is 17.9 Å². The van der Waals surface area contributed by atoms with Gasteiger partial charge in [0.25, 0.3) is 0 Å². The molecule has 4 nitrogen and oxygen atoms in total. The predicted molar refractivity (Wildman–Crippen MR) is 67.5 cm³/mol. The molecule has 0 aliphatic carbocycles. The number of hydrogen-bond donors (Lipinski definition) is 1. The van der Waals surface area contributed by atoms with Crippen molar-refractivity contribution >= 4 is 12.8 Å². The molecule has 0 fully saturated rings. The van der Waals surface area contributed by atoms with Gasteiger partial charge in [-0.15, -0.1) is 0 Å².